The lowest BCUT2D eigenvalue weighted by Gasteiger charge is -2.17. The van der Waals surface area contributed by atoms with Crippen LogP contribution in [0, 0.1) is 0 Å². The van der Waals surface area contributed by atoms with Crippen LogP contribution in [-0.2, 0) is 4.79 Å². The molecule has 6 nitrogen and oxygen atoms in total. The van der Waals surface area contributed by atoms with E-state index in [1.165, 1.54) is 23.1 Å². The number of rotatable bonds is 9. The van der Waals surface area contributed by atoms with E-state index in [0.29, 0.717) is 27.2 Å². The van der Waals surface area contributed by atoms with Crippen LogP contribution in [0.15, 0.2) is 113 Å². The number of hydrogen-bond donors (Lipinski definition) is 2. The molecule has 0 aliphatic carbocycles. The lowest BCUT2D eigenvalue weighted by molar-refractivity contribution is -0.115. The number of ether oxygens (including phenoxy) is 1. The molecule has 1 aromatic heterocycles. The molecule has 40 heavy (non-hydrogen) atoms. The predicted molar refractivity (Wildman–Crippen MR) is 164 cm³/mol. The van der Waals surface area contributed by atoms with Crippen LogP contribution >= 0.6 is 34.7 Å². The summed E-state index contributed by atoms with van der Waals surface area (Å²) >= 11 is 8.78. The average Bonchev–Trinajstić information content (AvgIpc) is 3.44. The maximum atomic E-state index is 13.6. The van der Waals surface area contributed by atoms with E-state index < -0.39 is 5.25 Å². The van der Waals surface area contributed by atoms with Crippen molar-refractivity contribution in [3.8, 4) is 17.0 Å². The number of nitrogens with zero attached hydrogens (tertiary/aromatic N) is 1. The van der Waals surface area contributed by atoms with Crippen LogP contribution in [0.3, 0.4) is 0 Å². The Morgan fingerprint density at radius 1 is 0.900 bits per heavy atom. The molecule has 2 amide bonds. The number of amides is 2. The molecule has 0 spiro atoms. The molecular weight excluding hydrogens is 562 g/mol. The van der Waals surface area contributed by atoms with Gasteiger partial charge in [0.1, 0.15) is 11.0 Å². The molecule has 0 saturated heterocycles. The van der Waals surface area contributed by atoms with Gasteiger partial charge in [0, 0.05) is 32.1 Å². The second-order valence-electron chi connectivity index (χ2n) is 8.63. The highest BCUT2D eigenvalue weighted by atomic mass is 35.5. The fourth-order valence-electron chi connectivity index (χ4n) is 4.00. The first-order valence-corrected chi connectivity index (χ1v) is 14.4. The number of carbonyl (C=O) groups excluding carboxylic acids is 2. The first-order valence-electron chi connectivity index (χ1n) is 12.3. The van der Waals surface area contributed by atoms with Gasteiger partial charge in [0.15, 0.2) is 5.13 Å². The van der Waals surface area contributed by atoms with Gasteiger partial charge in [0.2, 0.25) is 5.91 Å². The summed E-state index contributed by atoms with van der Waals surface area (Å²) in [6.45, 7) is 0. The third kappa shape index (κ3) is 6.71. The molecule has 0 bridgehead atoms. The fraction of sp³-hybridized carbons (Fsp3) is 0.0645. The van der Waals surface area contributed by atoms with Crippen molar-refractivity contribution < 1.29 is 14.3 Å². The number of hydrogen-bond acceptors (Lipinski definition) is 6. The largest absolute Gasteiger partial charge is 0.496 e. The number of nitrogens with one attached hydrogen (secondary N) is 2. The lowest BCUT2D eigenvalue weighted by atomic mass is 10.1. The molecule has 0 radical (unpaired) electrons. The summed E-state index contributed by atoms with van der Waals surface area (Å²) < 4.78 is 5.46. The Morgan fingerprint density at radius 2 is 1.68 bits per heavy atom. The summed E-state index contributed by atoms with van der Waals surface area (Å²) in [5.41, 5.74) is 3.50. The van der Waals surface area contributed by atoms with Gasteiger partial charge < -0.3 is 15.4 Å². The zero-order valence-electron chi connectivity index (χ0n) is 21.3. The number of para-hydroxylation sites is 1. The molecule has 200 valence electrons. The SMILES string of the molecule is COc1ccccc1-c1csc(NC(=O)C(Sc2cccc(NC(=O)c3cccc(Cl)c3)c2)c2ccccc2)n1. The molecule has 4 aromatic carbocycles. The molecule has 9 heteroatoms. The smallest absolute Gasteiger partial charge is 0.255 e. The van der Waals surface area contributed by atoms with Crippen LogP contribution in [-0.4, -0.2) is 23.9 Å². The predicted octanol–water partition coefficient (Wildman–Crippen LogP) is 8.20. The van der Waals surface area contributed by atoms with Crippen LogP contribution in [0.1, 0.15) is 21.2 Å². The summed E-state index contributed by atoms with van der Waals surface area (Å²) in [5.74, 6) is 0.243. The zero-order valence-corrected chi connectivity index (χ0v) is 23.7. The van der Waals surface area contributed by atoms with E-state index in [-0.39, 0.29) is 11.8 Å². The molecule has 0 aliphatic rings. The van der Waals surface area contributed by atoms with Gasteiger partial charge in [-0.25, -0.2) is 4.98 Å². The second kappa shape index (κ2) is 12.8. The van der Waals surface area contributed by atoms with E-state index in [1.54, 1.807) is 37.4 Å². The number of anilines is 2. The Bertz CT molecular complexity index is 1640. The summed E-state index contributed by atoms with van der Waals surface area (Å²) in [6.07, 6.45) is 0. The van der Waals surface area contributed by atoms with E-state index in [9.17, 15) is 9.59 Å². The fourth-order valence-corrected chi connectivity index (χ4v) is 5.99. The maximum Gasteiger partial charge on any atom is 0.255 e. The van der Waals surface area contributed by atoms with Crippen molar-refractivity contribution in [1.82, 2.24) is 4.98 Å². The molecule has 0 saturated carbocycles. The van der Waals surface area contributed by atoms with Crippen LogP contribution in [0.5, 0.6) is 5.75 Å². The summed E-state index contributed by atoms with van der Waals surface area (Å²) in [5, 5.41) is 8.21. The second-order valence-corrected chi connectivity index (χ2v) is 11.1. The molecule has 0 fully saturated rings. The van der Waals surface area contributed by atoms with Crippen molar-refractivity contribution in [3.05, 3.63) is 125 Å². The van der Waals surface area contributed by atoms with E-state index in [0.717, 1.165) is 21.7 Å². The quantitative estimate of drug-likeness (QED) is 0.170. The maximum absolute atomic E-state index is 13.6. The van der Waals surface area contributed by atoms with Crippen LogP contribution in [0.2, 0.25) is 5.02 Å². The minimum atomic E-state index is -0.557. The number of halogens is 1. The Balaban J connectivity index is 1.34. The number of aromatic nitrogens is 1. The van der Waals surface area contributed by atoms with Gasteiger partial charge in [0.25, 0.3) is 5.91 Å². The molecule has 5 aromatic rings. The minimum Gasteiger partial charge on any atom is -0.496 e. The lowest BCUT2D eigenvalue weighted by Crippen LogP contribution is -2.19. The highest BCUT2D eigenvalue weighted by Crippen LogP contribution is 2.38. The van der Waals surface area contributed by atoms with Crippen molar-refractivity contribution in [3.63, 3.8) is 0 Å². The van der Waals surface area contributed by atoms with Crippen molar-refractivity contribution in [2.24, 2.45) is 0 Å². The van der Waals surface area contributed by atoms with Gasteiger partial charge >= 0.3 is 0 Å². The zero-order chi connectivity index (χ0) is 27.9. The first kappa shape index (κ1) is 27.5. The number of carbonyl (C=O) groups is 2. The number of benzene rings is 4. The molecule has 2 N–H and O–H groups in total. The van der Waals surface area contributed by atoms with E-state index in [4.69, 9.17) is 16.3 Å². The van der Waals surface area contributed by atoms with Crippen molar-refractivity contribution in [1.29, 1.82) is 0 Å². The average molecular weight is 586 g/mol. The summed E-state index contributed by atoms with van der Waals surface area (Å²) in [7, 11) is 1.62. The van der Waals surface area contributed by atoms with Gasteiger partial charge in [-0.1, -0.05) is 66.2 Å². The molecule has 1 heterocycles. The topological polar surface area (TPSA) is 80.3 Å². The number of thioether (sulfide) groups is 1. The molecule has 1 unspecified atom stereocenters. The highest BCUT2D eigenvalue weighted by Gasteiger charge is 2.24. The molecular formula is C31H24ClN3O3S2. The van der Waals surface area contributed by atoms with E-state index >= 15 is 0 Å². The summed E-state index contributed by atoms with van der Waals surface area (Å²) in [6, 6.07) is 31.4. The molecule has 1 atom stereocenters. The number of thiazole rings is 1. The highest BCUT2D eigenvalue weighted by molar-refractivity contribution is 8.00. The monoisotopic (exact) mass is 585 g/mol. The van der Waals surface area contributed by atoms with Crippen LogP contribution in [0.25, 0.3) is 11.3 Å². The summed E-state index contributed by atoms with van der Waals surface area (Å²) in [4.78, 5) is 31.8. The van der Waals surface area contributed by atoms with Crippen molar-refractivity contribution in [2.75, 3.05) is 17.7 Å². The van der Waals surface area contributed by atoms with Gasteiger partial charge in [-0.05, 0) is 54.1 Å². The molecule has 5 rings (SSSR count). The van der Waals surface area contributed by atoms with Gasteiger partial charge in [-0.2, -0.15) is 0 Å². The van der Waals surface area contributed by atoms with Gasteiger partial charge in [0.05, 0.1) is 12.8 Å². The van der Waals surface area contributed by atoms with Gasteiger partial charge in [-0.15, -0.1) is 23.1 Å². The minimum absolute atomic E-state index is 0.203. The third-order valence-corrected chi connectivity index (χ3v) is 8.13. The van der Waals surface area contributed by atoms with Crippen LogP contribution < -0.4 is 15.4 Å². The van der Waals surface area contributed by atoms with Gasteiger partial charge in [-0.3, -0.25) is 9.59 Å². The Morgan fingerprint density at radius 3 is 2.48 bits per heavy atom. The Labute approximate surface area is 245 Å². The number of methoxy groups -OCH3 is 1. The van der Waals surface area contributed by atoms with Crippen molar-refractivity contribution in [2.45, 2.75) is 10.1 Å². The molecule has 0 aliphatic heterocycles. The normalized spacial score (nSPS) is 11.4. The van der Waals surface area contributed by atoms with E-state index in [1.807, 2.05) is 78.2 Å². The first-order chi connectivity index (χ1) is 19.5. The third-order valence-electron chi connectivity index (χ3n) is 5.89. The Hall–Kier alpha value is -4.11. The standard InChI is InChI=1S/C31H24ClN3O3S2/c1-38-27-16-6-5-15-25(27)26-19-39-31(34-26)35-30(37)28(20-9-3-2-4-10-20)40-24-14-8-13-23(18-24)33-29(36)21-11-7-12-22(32)17-21/h2-19,28H,1H3,(H,33,36)(H,34,35,37). The van der Waals surface area contributed by atoms with Crippen LogP contribution in [0.4, 0.5) is 10.8 Å². The van der Waals surface area contributed by atoms with Crippen molar-refractivity contribution >= 4 is 57.3 Å². The van der Waals surface area contributed by atoms with E-state index in [2.05, 4.69) is 15.6 Å². The Kier molecular flexibility index (Phi) is 8.81.